The molecular weight excluding hydrogens is 198 g/mol. The lowest BCUT2D eigenvalue weighted by atomic mass is 10.3. The lowest BCUT2D eigenvalue weighted by Gasteiger charge is -2.18. The Hall–Kier alpha value is -1.36. The predicted octanol–water partition coefficient (Wildman–Crippen LogP) is 2.81. The minimum atomic E-state index is -1.61. The first-order valence-corrected chi connectivity index (χ1v) is 7.73. The number of nitrogens with zero attached hydrogens (tertiary/aromatic N) is 1. The molecule has 0 amide bonds. The average Bonchev–Trinajstić information content (AvgIpc) is 2.02. The van der Waals surface area contributed by atoms with Crippen LogP contribution in [0.5, 0.6) is 5.75 Å². The van der Waals surface area contributed by atoms with Gasteiger partial charge in [0.25, 0.3) is 5.69 Å². The van der Waals surface area contributed by atoms with Crippen LogP contribution in [-0.4, -0.2) is 13.2 Å². The quantitative estimate of drug-likeness (QED) is 0.439. The fraction of sp³-hybridized carbons (Fsp3) is 0.333. The van der Waals surface area contributed by atoms with E-state index in [1.165, 1.54) is 12.1 Å². The highest BCUT2D eigenvalue weighted by molar-refractivity contribution is 6.70. The van der Waals surface area contributed by atoms with Crippen LogP contribution in [0.25, 0.3) is 0 Å². The Balaban J connectivity index is 2.79. The number of nitro benzene ring substituents is 1. The van der Waals surface area contributed by atoms with Gasteiger partial charge < -0.3 is 4.43 Å². The summed E-state index contributed by atoms with van der Waals surface area (Å²) in [5, 5.41) is 10.4. The Morgan fingerprint density at radius 3 is 2.07 bits per heavy atom. The lowest BCUT2D eigenvalue weighted by Crippen LogP contribution is -2.29. The summed E-state index contributed by atoms with van der Waals surface area (Å²) in [6.07, 6.45) is 0. The number of benzene rings is 1. The van der Waals surface area contributed by atoms with Crippen LogP contribution in [0.1, 0.15) is 0 Å². The molecule has 76 valence electrons. The van der Waals surface area contributed by atoms with E-state index in [1.807, 2.05) is 0 Å². The molecule has 0 fully saturated rings. The highest BCUT2D eigenvalue weighted by Crippen LogP contribution is 2.20. The number of nitro groups is 1. The Kier molecular flexibility index (Phi) is 2.90. The van der Waals surface area contributed by atoms with E-state index >= 15 is 0 Å². The van der Waals surface area contributed by atoms with Crippen molar-refractivity contribution >= 4 is 14.0 Å². The van der Waals surface area contributed by atoms with Gasteiger partial charge in [-0.3, -0.25) is 10.1 Å². The summed E-state index contributed by atoms with van der Waals surface area (Å²) >= 11 is 0. The van der Waals surface area contributed by atoms with Crippen LogP contribution >= 0.6 is 0 Å². The van der Waals surface area contributed by atoms with Crippen molar-refractivity contribution in [3.8, 4) is 5.75 Å². The Morgan fingerprint density at radius 2 is 1.71 bits per heavy atom. The molecule has 0 aliphatic heterocycles. The molecular formula is C9H13NO3Si. The fourth-order valence-electron chi connectivity index (χ4n) is 0.989. The van der Waals surface area contributed by atoms with E-state index in [0.717, 1.165) is 0 Å². The summed E-state index contributed by atoms with van der Waals surface area (Å²) in [6.45, 7) is 6.19. The monoisotopic (exact) mass is 211 g/mol. The fourth-order valence-corrected chi connectivity index (χ4v) is 1.83. The van der Waals surface area contributed by atoms with E-state index in [2.05, 4.69) is 19.6 Å². The number of rotatable bonds is 3. The SMILES string of the molecule is C[Si](C)(C)Oc1ccc([N+](=O)[O-])cc1. The molecule has 0 heterocycles. The van der Waals surface area contributed by atoms with Crippen LogP contribution in [0, 0.1) is 10.1 Å². The summed E-state index contributed by atoms with van der Waals surface area (Å²) < 4.78 is 5.65. The molecule has 0 radical (unpaired) electrons. The molecule has 1 aromatic carbocycles. The first-order valence-electron chi connectivity index (χ1n) is 4.32. The van der Waals surface area contributed by atoms with Gasteiger partial charge in [-0.1, -0.05) is 0 Å². The topological polar surface area (TPSA) is 52.4 Å². The number of non-ortho nitro benzene ring substituents is 1. The minimum absolute atomic E-state index is 0.0907. The van der Waals surface area contributed by atoms with Crippen molar-refractivity contribution in [1.29, 1.82) is 0 Å². The Morgan fingerprint density at radius 1 is 1.21 bits per heavy atom. The zero-order valence-corrected chi connectivity index (χ0v) is 9.48. The van der Waals surface area contributed by atoms with E-state index in [-0.39, 0.29) is 5.69 Å². The van der Waals surface area contributed by atoms with Gasteiger partial charge in [-0.25, -0.2) is 0 Å². The number of hydrogen-bond donors (Lipinski definition) is 0. The van der Waals surface area contributed by atoms with Crippen LogP contribution in [-0.2, 0) is 0 Å². The summed E-state index contributed by atoms with van der Waals surface area (Å²) in [4.78, 5) is 9.95. The third-order valence-electron chi connectivity index (χ3n) is 1.47. The van der Waals surface area contributed by atoms with Gasteiger partial charge in [0.15, 0.2) is 0 Å². The zero-order valence-electron chi connectivity index (χ0n) is 8.48. The minimum Gasteiger partial charge on any atom is -0.544 e. The second kappa shape index (κ2) is 3.79. The van der Waals surface area contributed by atoms with Gasteiger partial charge in [0.05, 0.1) is 4.92 Å². The van der Waals surface area contributed by atoms with Gasteiger partial charge in [0, 0.05) is 12.1 Å². The molecule has 0 aliphatic rings. The molecule has 0 saturated heterocycles. The van der Waals surface area contributed by atoms with Crippen LogP contribution in [0.3, 0.4) is 0 Å². The first kappa shape index (κ1) is 10.7. The van der Waals surface area contributed by atoms with Crippen LogP contribution in [0.4, 0.5) is 5.69 Å². The molecule has 0 N–H and O–H groups in total. The lowest BCUT2D eigenvalue weighted by molar-refractivity contribution is -0.384. The van der Waals surface area contributed by atoms with Crippen molar-refractivity contribution in [2.24, 2.45) is 0 Å². The van der Waals surface area contributed by atoms with Crippen LogP contribution < -0.4 is 4.43 Å². The molecule has 0 saturated carbocycles. The van der Waals surface area contributed by atoms with E-state index in [1.54, 1.807) is 12.1 Å². The molecule has 14 heavy (non-hydrogen) atoms. The molecule has 0 unspecified atom stereocenters. The van der Waals surface area contributed by atoms with Crippen LogP contribution in [0.15, 0.2) is 24.3 Å². The third kappa shape index (κ3) is 3.18. The molecule has 0 bridgehead atoms. The highest BCUT2D eigenvalue weighted by atomic mass is 28.4. The predicted molar refractivity (Wildman–Crippen MR) is 57.1 cm³/mol. The molecule has 0 aliphatic carbocycles. The largest absolute Gasteiger partial charge is 0.544 e. The Bertz CT molecular complexity index is 329. The van der Waals surface area contributed by atoms with Gasteiger partial charge >= 0.3 is 0 Å². The molecule has 1 rings (SSSR count). The molecule has 0 aromatic heterocycles. The number of hydrogen-bond acceptors (Lipinski definition) is 3. The molecule has 1 aromatic rings. The maximum atomic E-state index is 10.4. The summed E-state index contributed by atoms with van der Waals surface area (Å²) in [7, 11) is -1.61. The molecule has 0 atom stereocenters. The highest BCUT2D eigenvalue weighted by Gasteiger charge is 2.16. The molecule has 0 spiro atoms. The zero-order chi connectivity index (χ0) is 10.8. The maximum Gasteiger partial charge on any atom is 0.269 e. The summed E-state index contributed by atoms with van der Waals surface area (Å²) in [5.74, 6) is 0.703. The standard InChI is InChI=1S/C9H13NO3Si/c1-14(2,3)13-9-6-4-8(5-7-9)10(11)12/h4-7H,1-3H3. The average molecular weight is 211 g/mol. The van der Waals surface area contributed by atoms with Gasteiger partial charge in [0.1, 0.15) is 5.75 Å². The van der Waals surface area contributed by atoms with Gasteiger partial charge in [-0.05, 0) is 31.8 Å². The van der Waals surface area contributed by atoms with E-state index in [4.69, 9.17) is 4.43 Å². The normalized spacial score (nSPS) is 11.1. The smallest absolute Gasteiger partial charge is 0.269 e. The third-order valence-corrected chi connectivity index (χ3v) is 2.32. The molecule has 5 heteroatoms. The van der Waals surface area contributed by atoms with Gasteiger partial charge in [0.2, 0.25) is 8.32 Å². The van der Waals surface area contributed by atoms with Gasteiger partial charge in [-0.2, -0.15) is 0 Å². The summed E-state index contributed by atoms with van der Waals surface area (Å²) in [5.41, 5.74) is 0.0907. The van der Waals surface area contributed by atoms with Crippen molar-refractivity contribution in [3.63, 3.8) is 0 Å². The maximum absolute atomic E-state index is 10.4. The van der Waals surface area contributed by atoms with Gasteiger partial charge in [-0.15, -0.1) is 0 Å². The second-order valence-corrected chi connectivity index (χ2v) is 8.39. The van der Waals surface area contributed by atoms with Crippen molar-refractivity contribution in [1.82, 2.24) is 0 Å². The first-order chi connectivity index (χ1) is 6.38. The van der Waals surface area contributed by atoms with E-state index in [0.29, 0.717) is 5.75 Å². The van der Waals surface area contributed by atoms with Crippen molar-refractivity contribution in [2.45, 2.75) is 19.6 Å². The second-order valence-electron chi connectivity index (χ2n) is 3.97. The van der Waals surface area contributed by atoms with Crippen molar-refractivity contribution in [2.75, 3.05) is 0 Å². The van der Waals surface area contributed by atoms with Crippen molar-refractivity contribution < 1.29 is 9.35 Å². The van der Waals surface area contributed by atoms with E-state index in [9.17, 15) is 10.1 Å². The van der Waals surface area contributed by atoms with Crippen molar-refractivity contribution in [3.05, 3.63) is 34.4 Å². The summed E-state index contributed by atoms with van der Waals surface area (Å²) in [6, 6.07) is 6.18. The Labute approximate surface area is 83.8 Å². The molecule has 4 nitrogen and oxygen atoms in total. The van der Waals surface area contributed by atoms with Crippen LogP contribution in [0.2, 0.25) is 19.6 Å². The van der Waals surface area contributed by atoms with E-state index < -0.39 is 13.2 Å².